The Labute approximate surface area is 124 Å². The SMILES string of the molecule is CCNc1c(C(=O)N2CC(C)CC2C)cccc1[N+](=O)[O-]. The summed E-state index contributed by atoms with van der Waals surface area (Å²) in [5.41, 5.74) is 0.649. The van der Waals surface area contributed by atoms with E-state index in [4.69, 9.17) is 0 Å². The first kappa shape index (κ1) is 15.3. The Balaban J connectivity index is 2.41. The van der Waals surface area contributed by atoms with Crippen molar-refractivity contribution in [1.82, 2.24) is 4.90 Å². The van der Waals surface area contributed by atoms with E-state index in [0.717, 1.165) is 6.42 Å². The molecule has 0 bridgehead atoms. The zero-order chi connectivity index (χ0) is 15.6. The molecule has 6 nitrogen and oxygen atoms in total. The predicted octanol–water partition coefficient (Wildman–Crippen LogP) is 2.90. The highest BCUT2D eigenvalue weighted by atomic mass is 16.6. The van der Waals surface area contributed by atoms with E-state index in [1.54, 1.807) is 12.1 Å². The van der Waals surface area contributed by atoms with Crippen LogP contribution in [-0.2, 0) is 0 Å². The molecule has 21 heavy (non-hydrogen) atoms. The van der Waals surface area contributed by atoms with Gasteiger partial charge in [0, 0.05) is 25.2 Å². The summed E-state index contributed by atoms with van der Waals surface area (Å²) < 4.78 is 0. The van der Waals surface area contributed by atoms with Crippen LogP contribution in [0.15, 0.2) is 18.2 Å². The zero-order valence-corrected chi connectivity index (χ0v) is 12.6. The summed E-state index contributed by atoms with van der Waals surface area (Å²) in [6, 6.07) is 4.81. The molecule has 2 unspecified atom stereocenters. The Morgan fingerprint density at radius 1 is 1.48 bits per heavy atom. The zero-order valence-electron chi connectivity index (χ0n) is 12.6. The molecule has 1 amide bonds. The largest absolute Gasteiger partial charge is 0.379 e. The molecule has 0 radical (unpaired) electrons. The number of rotatable bonds is 4. The van der Waals surface area contributed by atoms with E-state index in [1.165, 1.54) is 6.07 Å². The second-order valence-electron chi connectivity index (χ2n) is 5.63. The number of nitrogens with zero attached hydrogens (tertiary/aromatic N) is 2. The Morgan fingerprint density at radius 2 is 2.19 bits per heavy atom. The summed E-state index contributed by atoms with van der Waals surface area (Å²) in [7, 11) is 0. The summed E-state index contributed by atoms with van der Waals surface area (Å²) in [4.78, 5) is 25.2. The molecule has 1 heterocycles. The van der Waals surface area contributed by atoms with Gasteiger partial charge in [-0.25, -0.2) is 0 Å². The number of carbonyl (C=O) groups excluding carboxylic acids is 1. The Bertz CT molecular complexity index is 559. The first-order chi connectivity index (χ1) is 9.95. The minimum atomic E-state index is -0.454. The third-order valence-electron chi connectivity index (χ3n) is 3.87. The number of benzene rings is 1. The van der Waals surface area contributed by atoms with E-state index in [-0.39, 0.29) is 17.6 Å². The highest BCUT2D eigenvalue weighted by Gasteiger charge is 2.33. The highest BCUT2D eigenvalue weighted by Crippen LogP contribution is 2.31. The van der Waals surface area contributed by atoms with Crippen LogP contribution in [0.5, 0.6) is 0 Å². The molecule has 114 valence electrons. The lowest BCUT2D eigenvalue weighted by molar-refractivity contribution is -0.384. The van der Waals surface area contributed by atoms with Crippen LogP contribution in [0.2, 0.25) is 0 Å². The van der Waals surface area contributed by atoms with Gasteiger partial charge in [-0.05, 0) is 32.3 Å². The second-order valence-corrected chi connectivity index (χ2v) is 5.63. The molecular weight excluding hydrogens is 270 g/mol. The molecule has 1 aromatic carbocycles. The molecule has 1 N–H and O–H groups in total. The average molecular weight is 291 g/mol. The van der Waals surface area contributed by atoms with Gasteiger partial charge in [-0.3, -0.25) is 14.9 Å². The van der Waals surface area contributed by atoms with Crippen molar-refractivity contribution >= 4 is 17.3 Å². The molecule has 1 aliphatic rings. The van der Waals surface area contributed by atoms with Gasteiger partial charge in [0.25, 0.3) is 11.6 Å². The summed E-state index contributed by atoms with van der Waals surface area (Å²) in [5, 5.41) is 14.1. The quantitative estimate of drug-likeness (QED) is 0.683. The smallest absolute Gasteiger partial charge is 0.293 e. The number of nitro groups is 1. The van der Waals surface area contributed by atoms with E-state index >= 15 is 0 Å². The van der Waals surface area contributed by atoms with Gasteiger partial charge in [0.05, 0.1) is 10.5 Å². The van der Waals surface area contributed by atoms with Crippen molar-refractivity contribution in [1.29, 1.82) is 0 Å². The lowest BCUT2D eigenvalue weighted by Crippen LogP contribution is -2.34. The number of hydrogen-bond donors (Lipinski definition) is 1. The minimum absolute atomic E-state index is 0.0531. The molecule has 2 rings (SSSR count). The number of hydrogen-bond acceptors (Lipinski definition) is 4. The Morgan fingerprint density at radius 3 is 2.71 bits per heavy atom. The second kappa shape index (κ2) is 6.11. The van der Waals surface area contributed by atoms with Crippen molar-refractivity contribution < 1.29 is 9.72 Å². The number of carbonyl (C=O) groups is 1. The third kappa shape index (κ3) is 2.99. The number of para-hydroxylation sites is 1. The van der Waals surface area contributed by atoms with Crippen molar-refractivity contribution in [3.63, 3.8) is 0 Å². The summed E-state index contributed by atoms with van der Waals surface area (Å²) >= 11 is 0. The van der Waals surface area contributed by atoms with Crippen LogP contribution < -0.4 is 5.32 Å². The molecule has 1 aromatic rings. The van der Waals surface area contributed by atoms with Crippen molar-refractivity contribution in [2.24, 2.45) is 5.92 Å². The Kier molecular flexibility index (Phi) is 4.45. The lowest BCUT2D eigenvalue weighted by Gasteiger charge is -2.23. The fraction of sp³-hybridized carbons (Fsp3) is 0.533. The fourth-order valence-corrected chi connectivity index (χ4v) is 2.97. The van der Waals surface area contributed by atoms with Gasteiger partial charge in [-0.2, -0.15) is 0 Å². The number of nitro benzene ring substituents is 1. The van der Waals surface area contributed by atoms with Gasteiger partial charge >= 0.3 is 0 Å². The normalized spacial score (nSPS) is 21.4. The molecule has 0 spiro atoms. The molecule has 0 aliphatic carbocycles. The standard InChI is InChI=1S/C15H21N3O3/c1-4-16-14-12(6-5-7-13(14)18(20)21)15(19)17-9-10(2)8-11(17)3/h5-7,10-11,16H,4,8-9H2,1-3H3. The van der Waals surface area contributed by atoms with Crippen LogP contribution in [0.3, 0.4) is 0 Å². The van der Waals surface area contributed by atoms with Crippen LogP contribution in [0, 0.1) is 16.0 Å². The lowest BCUT2D eigenvalue weighted by atomic mass is 10.1. The number of amides is 1. The monoisotopic (exact) mass is 291 g/mol. The average Bonchev–Trinajstić information content (AvgIpc) is 2.77. The molecule has 6 heteroatoms. The number of nitrogens with one attached hydrogen (secondary N) is 1. The summed E-state index contributed by atoms with van der Waals surface area (Å²) in [6.45, 7) is 7.21. The molecule has 0 saturated carbocycles. The van der Waals surface area contributed by atoms with Gasteiger partial charge in [0.15, 0.2) is 0 Å². The maximum Gasteiger partial charge on any atom is 0.293 e. The van der Waals surface area contributed by atoms with E-state index < -0.39 is 4.92 Å². The molecule has 1 fully saturated rings. The topological polar surface area (TPSA) is 75.5 Å². The first-order valence-electron chi connectivity index (χ1n) is 7.28. The van der Waals surface area contributed by atoms with Gasteiger partial charge in [-0.1, -0.05) is 13.0 Å². The summed E-state index contributed by atoms with van der Waals surface area (Å²) in [5.74, 6) is 0.330. The van der Waals surface area contributed by atoms with E-state index in [0.29, 0.717) is 30.3 Å². The van der Waals surface area contributed by atoms with Gasteiger partial charge in [-0.15, -0.1) is 0 Å². The van der Waals surface area contributed by atoms with E-state index in [9.17, 15) is 14.9 Å². The molecule has 2 atom stereocenters. The number of anilines is 1. The minimum Gasteiger partial charge on any atom is -0.379 e. The van der Waals surface area contributed by atoms with Crippen molar-refractivity contribution in [3.05, 3.63) is 33.9 Å². The molecule has 0 aromatic heterocycles. The van der Waals surface area contributed by atoms with Crippen molar-refractivity contribution in [3.8, 4) is 0 Å². The predicted molar refractivity (Wildman–Crippen MR) is 81.5 cm³/mol. The van der Waals surface area contributed by atoms with Gasteiger partial charge in [0.1, 0.15) is 5.69 Å². The van der Waals surface area contributed by atoms with E-state index in [1.807, 2.05) is 18.7 Å². The van der Waals surface area contributed by atoms with Crippen molar-refractivity contribution in [2.75, 3.05) is 18.4 Å². The summed E-state index contributed by atoms with van der Waals surface area (Å²) in [6.07, 6.45) is 0.969. The maximum absolute atomic E-state index is 12.7. The fourth-order valence-electron chi connectivity index (χ4n) is 2.97. The highest BCUT2D eigenvalue weighted by molar-refractivity contribution is 6.02. The number of likely N-dealkylation sites (tertiary alicyclic amines) is 1. The first-order valence-corrected chi connectivity index (χ1v) is 7.28. The van der Waals surface area contributed by atoms with Crippen LogP contribution in [0.4, 0.5) is 11.4 Å². The van der Waals surface area contributed by atoms with Crippen LogP contribution in [0.1, 0.15) is 37.6 Å². The van der Waals surface area contributed by atoms with Crippen LogP contribution in [-0.4, -0.2) is 34.9 Å². The molecule has 1 aliphatic heterocycles. The van der Waals surface area contributed by atoms with Crippen LogP contribution >= 0.6 is 0 Å². The van der Waals surface area contributed by atoms with Gasteiger partial charge < -0.3 is 10.2 Å². The Hall–Kier alpha value is -2.11. The third-order valence-corrected chi connectivity index (χ3v) is 3.87. The maximum atomic E-state index is 12.7. The molecular formula is C15H21N3O3. The molecule has 1 saturated heterocycles. The van der Waals surface area contributed by atoms with E-state index in [2.05, 4.69) is 12.2 Å². The van der Waals surface area contributed by atoms with Crippen molar-refractivity contribution in [2.45, 2.75) is 33.2 Å². The van der Waals surface area contributed by atoms with Gasteiger partial charge in [0.2, 0.25) is 0 Å². The van der Waals surface area contributed by atoms with Crippen LogP contribution in [0.25, 0.3) is 0 Å².